The zero-order valence-electron chi connectivity index (χ0n) is 25.6. The van der Waals surface area contributed by atoms with Crippen LogP contribution in [0.25, 0.3) is 0 Å². The lowest BCUT2D eigenvalue weighted by atomic mass is 9.51. The maximum absolute atomic E-state index is 13.9. The fourth-order valence-corrected chi connectivity index (χ4v) is 11.8. The van der Waals surface area contributed by atoms with E-state index in [1.54, 1.807) is 0 Å². The van der Waals surface area contributed by atoms with E-state index in [1.165, 1.54) is 6.42 Å². The lowest BCUT2D eigenvalue weighted by Crippen LogP contribution is -2.67. The Labute approximate surface area is 249 Å². The Bertz CT molecular complexity index is 1040. The predicted molar refractivity (Wildman–Crippen MR) is 153 cm³/mol. The number of aliphatic hydroxyl groups excluding tert-OH is 4. The van der Waals surface area contributed by atoms with E-state index in [4.69, 9.17) is 9.47 Å². The van der Waals surface area contributed by atoms with Gasteiger partial charge in [0, 0.05) is 31.5 Å². The van der Waals surface area contributed by atoms with Crippen molar-refractivity contribution in [1.29, 1.82) is 0 Å². The van der Waals surface area contributed by atoms with Crippen molar-refractivity contribution < 1.29 is 39.8 Å². The SMILES string of the molecule is C[C@H]1CC[C@H]2N(C1)C[C@H]1[C@@H]3C[C@@H]4[C@H](CC(=O)[C@H]5C[C@@H](O[C@@H]6O[C@H](CO)[C@@H](O)[C@H](O)[C@H]6O)CC[C@@]54C)[C@H]3CC[C@H]1[C@]2(C)O. The highest BCUT2D eigenvalue weighted by atomic mass is 16.7. The number of ketones is 1. The fourth-order valence-electron chi connectivity index (χ4n) is 11.8. The topological polar surface area (TPSA) is 140 Å². The van der Waals surface area contributed by atoms with Gasteiger partial charge in [-0.1, -0.05) is 13.8 Å². The summed E-state index contributed by atoms with van der Waals surface area (Å²) in [5, 5.41) is 52.4. The molecule has 0 unspecified atom stereocenters. The van der Waals surface area contributed by atoms with Crippen LogP contribution in [0, 0.1) is 52.8 Å². The molecule has 42 heavy (non-hydrogen) atoms. The van der Waals surface area contributed by atoms with Gasteiger partial charge in [-0.3, -0.25) is 9.69 Å². The van der Waals surface area contributed by atoms with Crippen molar-refractivity contribution in [2.75, 3.05) is 19.7 Å². The van der Waals surface area contributed by atoms with E-state index in [2.05, 4.69) is 25.7 Å². The summed E-state index contributed by atoms with van der Waals surface area (Å²) in [6.45, 7) is 8.49. The lowest BCUT2D eigenvalue weighted by Gasteiger charge is -2.59. The van der Waals surface area contributed by atoms with Crippen LogP contribution in [-0.2, 0) is 14.3 Å². The summed E-state index contributed by atoms with van der Waals surface area (Å²) in [5.41, 5.74) is -0.745. The van der Waals surface area contributed by atoms with Crippen molar-refractivity contribution in [3.63, 3.8) is 0 Å². The number of ether oxygens (including phenoxy) is 2. The molecule has 3 saturated heterocycles. The Balaban J connectivity index is 1.07. The molecule has 9 nitrogen and oxygen atoms in total. The van der Waals surface area contributed by atoms with Gasteiger partial charge in [0.1, 0.15) is 30.2 Å². The number of fused-ring (bicyclic) bond motifs is 8. The van der Waals surface area contributed by atoms with Gasteiger partial charge in [-0.25, -0.2) is 0 Å². The smallest absolute Gasteiger partial charge is 0.186 e. The van der Waals surface area contributed by atoms with Crippen LogP contribution < -0.4 is 0 Å². The van der Waals surface area contributed by atoms with Crippen LogP contribution in [0.1, 0.15) is 78.6 Å². The molecule has 3 aliphatic heterocycles. The van der Waals surface area contributed by atoms with Gasteiger partial charge in [-0.05, 0) is 105 Å². The molecular formula is C33H53NO8. The highest BCUT2D eigenvalue weighted by Crippen LogP contribution is 2.66. The Morgan fingerprint density at radius 3 is 2.45 bits per heavy atom. The number of hydrogen-bond acceptors (Lipinski definition) is 9. The Morgan fingerprint density at radius 2 is 1.69 bits per heavy atom. The summed E-state index contributed by atoms with van der Waals surface area (Å²) in [4.78, 5) is 16.5. The van der Waals surface area contributed by atoms with E-state index < -0.39 is 42.9 Å². The van der Waals surface area contributed by atoms with Gasteiger partial charge in [0.25, 0.3) is 0 Å². The highest BCUT2D eigenvalue weighted by molar-refractivity contribution is 5.83. The third-order valence-corrected chi connectivity index (χ3v) is 14.0. The molecule has 0 bridgehead atoms. The van der Waals surface area contributed by atoms with Gasteiger partial charge >= 0.3 is 0 Å². The molecule has 0 amide bonds. The zero-order valence-corrected chi connectivity index (χ0v) is 25.6. The molecule has 0 aromatic rings. The van der Waals surface area contributed by atoms with Crippen molar-refractivity contribution >= 4 is 5.78 Å². The van der Waals surface area contributed by atoms with E-state index in [1.807, 2.05) is 0 Å². The minimum absolute atomic E-state index is 0.0958. The summed E-state index contributed by atoms with van der Waals surface area (Å²) in [6.07, 6.45) is 1.67. The van der Waals surface area contributed by atoms with Gasteiger partial charge in [-0.2, -0.15) is 0 Å². The minimum atomic E-state index is -1.47. The average molecular weight is 592 g/mol. The molecule has 7 aliphatic rings. The second-order valence-corrected chi connectivity index (χ2v) is 16.0. The van der Waals surface area contributed by atoms with Crippen molar-refractivity contribution in [3.8, 4) is 0 Å². The van der Waals surface area contributed by atoms with Gasteiger partial charge in [-0.15, -0.1) is 0 Å². The summed E-state index contributed by atoms with van der Waals surface area (Å²) in [7, 11) is 0. The Kier molecular flexibility index (Phi) is 7.66. The largest absolute Gasteiger partial charge is 0.394 e. The number of hydrogen-bond donors (Lipinski definition) is 5. The molecule has 17 atom stereocenters. The first-order valence-electron chi connectivity index (χ1n) is 16.9. The molecule has 4 saturated carbocycles. The maximum Gasteiger partial charge on any atom is 0.186 e. The first kappa shape index (κ1) is 30.0. The van der Waals surface area contributed by atoms with Gasteiger partial charge < -0.3 is 35.0 Å². The lowest BCUT2D eigenvalue weighted by molar-refractivity contribution is -0.315. The van der Waals surface area contributed by atoms with E-state index in [0.717, 1.165) is 51.6 Å². The first-order chi connectivity index (χ1) is 19.9. The summed E-state index contributed by atoms with van der Waals surface area (Å²) in [6, 6.07) is 0.276. The van der Waals surface area contributed by atoms with Crippen molar-refractivity contribution in [1.82, 2.24) is 4.90 Å². The van der Waals surface area contributed by atoms with Crippen LogP contribution in [0.5, 0.6) is 0 Å². The second kappa shape index (κ2) is 10.7. The van der Waals surface area contributed by atoms with E-state index in [-0.39, 0.29) is 23.5 Å². The summed E-state index contributed by atoms with van der Waals surface area (Å²) < 4.78 is 11.8. The normalized spacial score (nSPS) is 57.9. The third-order valence-electron chi connectivity index (χ3n) is 14.0. The molecule has 9 heteroatoms. The van der Waals surface area contributed by atoms with Crippen LogP contribution in [-0.4, -0.2) is 104 Å². The average Bonchev–Trinajstić information content (AvgIpc) is 3.33. The van der Waals surface area contributed by atoms with Crippen LogP contribution >= 0.6 is 0 Å². The molecule has 7 rings (SSSR count). The molecule has 0 spiro atoms. The summed E-state index contributed by atoms with van der Waals surface area (Å²) in [5.74, 6) is 3.79. The second-order valence-electron chi connectivity index (χ2n) is 16.0. The van der Waals surface area contributed by atoms with Crippen LogP contribution in [0.4, 0.5) is 0 Å². The molecule has 238 valence electrons. The molecule has 0 aromatic heterocycles. The van der Waals surface area contributed by atoms with E-state index in [0.29, 0.717) is 60.1 Å². The molecule has 0 radical (unpaired) electrons. The number of piperidine rings is 2. The van der Waals surface area contributed by atoms with E-state index >= 15 is 0 Å². The third kappa shape index (κ3) is 4.50. The Morgan fingerprint density at radius 1 is 0.905 bits per heavy atom. The molecule has 4 aliphatic carbocycles. The zero-order chi connectivity index (χ0) is 29.7. The first-order valence-corrected chi connectivity index (χ1v) is 16.9. The number of rotatable bonds is 3. The predicted octanol–water partition coefficient (Wildman–Crippen LogP) is 1.71. The molecule has 7 fully saturated rings. The van der Waals surface area contributed by atoms with Crippen molar-refractivity contribution in [3.05, 3.63) is 0 Å². The molecule has 5 N–H and O–H groups in total. The maximum atomic E-state index is 13.9. The van der Waals surface area contributed by atoms with Crippen LogP contribution in [0.3, 0.4) is 0 Å². The number of Topliss-reactive ketones (excluding diaryl/α,β-unsaturated/α-hetero) is 1. The van der Waals surface area contributed by atoms with Crippen LogP contribution in [0.2, 0.25) is 0 Å². The quantitative estimate of drug-likeness (QED) is 0.310. The summed E-state index contributed by atoms with van der Waals surface area (Å²) >= 11 is 0. The van der Waals surface area contributed by atoms with Gasteiger partial charge in [0.15, 0.2) is 6.29 Å². The fraction of sp³-hybridized carbons (Fsp3) is 0.970. The molecular weight excluding hydrogens is 538 g/mol. The van der Waals surface area contributed by atoms with Gasteiger partial charge in [0.2, 0.25) is 0 Å². The minimum Gasteiger partial charge on any atom is -0.394 e. The van der Waals surface area contributed by atoms with Crippen molar-refractivity contribution in [2.24, 2.45) is 52.8 Å². The van der Waals surface area contributed by atoms with Crippen LogP contribution in [0.15, 0.2) is 0 Å². The number of carbonyl (C=O) groups excluding carboxylic acids is 1. The number of carbonyl (C=O) groups is 1. The highest BCUT2D eigenvalue weighted by Gasteiger charge is 2.64. The number of aliphatic hydroxyl groups is 5. The van der Waals surface area contributed by atoms with E-state index in [9.17, 15) is 30.3 Å². The molecule has 0 aromatic carbocycles. The Hall–Kier alpha value is -0.650. The monoisotopic (exact) mass is 591 g/mol. The standard InChI is InChI=1S/C33H53NO8/c1-16-4-7-27-33(3,40)22-6-5-18-19(21(22)14-34(27)13-16)11-23-20(18)12-25(36)24-10-17(8-9-32(23,24)2)41-31-30(39)29(38)28(37)26(15-35)42-31/h16-24,26-31,35,37-40H,4-15H2,1-3H3/t16-,17-,18-,19+,20+,21-,22+,23+,24+,26+,27+,28+,29-,30+,31+,32+,33-/m0/s1. The van der Waals surface area contributed by atoms with Crippen molar-refractivity contribution in [2.45, 2.75) is 127 Å². The number of nitrogens with zero attached hydrogens (tertiary/aromatic N) is 1. The van der Waals surface area contributed by atoms with Gasteiger partial charge in [0.05, 0.1) is 18.3 Å². The molecule has 3 heterocycles.